The van der Waals surface area contributed by atoms with Crippen LogP contribution in [-0.4, -0.2) is 30.1 Å². The molecule has 0 radical (unpaired) electrons. The monoisotopic (exact) mass is 311 g/mol. The SMILES string of the molecule is COc1ccc(CC(=O)Nc2ccc3nc[nH]c3c2)cc1OC. The summed E-state index contributed by atoms with van der Waals surface area (Å²) in [6.07, 6.45) is 1.88. The molecule has 1 aromatic heterocycles. The summed E-state index contributed by atoms with van der Waals surface area (Å²) in [5, 5.41) is 2.88. The molecule has 0 aliphatic carbocycles. The Morgan fingerprint density at radius 1 is 1.13 bits per heavy atom. The van der Waals surface area contributed by atoms with E-state index in [0.29, 0.717) is 11.5 Å². The first kappa shape index (κ1) is 14.9. The molecular formula is C17H17N3O3. The lowest BCUT2D eigenvalue weighted by atomic mass is 10.1. The predicted octanol–water partition coefficient (Wildman–Crippen LogP) is 2.76. The van der Waals surface area contributed by atoms with Crippen molar-refractivity contribution >= 4 is 22.6 Å². The van der Waals surface area contributed by atoms with Gasteiger partial charge in [-0.25, -0.2) is 4.98 Å². The lowest BCUT2D eigenvalue weighted by Crippen LogP contribution is -2.14. The van der Waals surface area contributed by atoms with Crippen LogP contribution in [0.25, 0.3) is 11.0 Å². The molecule has 118 valence electrons. The zero-order valence-corrected chi connectivity index (χ0v) is 12.9. The van der Waals surface area contributed by atoms with Crippen molar-refractivity contribution in [2.45, 2.75) is 6.42 Å². The first-order chi connectivity index (χ1) is 11.2. The van der Waals surface area contributed by atoms with Crippen molar-refractivity contribution in [2.75, 3.05) is 19.5 Å². The molecule has 2 aromatic carbocycles. The number of hydrogen-bond donors (Lipinski definition) is 2. The number of anilines is 1. The second kappa shape index (κ2) is 6.39. The molecule has 3 rings (SSSR count). The molecule has 0 unspecified atom stereocenters. The van der Waals surface area contributed by atoms with Crippen LogP contribution in [0.5, 0.6) is 11.5 Å². The second-order valence-electron chi connectivity index (χ2n) is 5.05. The fraction of sp³-hybridized carbons (Fsp3) is 0.176. The molecule has 2 N–H and O–H groups in total. The van der Waals surface area contributed by atoms with Gasteiger partial charge in [-0.2, -0.15) is 0 Å². The van der Waals surface area contributed by atoms with Crippen LogP contribution in [0.15, 0.2) is 42.7 Å². The number of amides is 1. The van der Waals surface area contributed by atoms with E-state index < -0.39 is 0 Å². The van der Waals surface area contributed by atoms with Crippen LogP contribution in [0.1, 0.15) is 5.56 Å². The third kappa shape index (κ3) is 3.26. The molecule has 1 amide bonds. The minimum absolute atomic E-state index is 0.101. The van der Waals surface area contributed by atoms with E-state index in [2.05, 4.69) is 15.3 Å². The van der Waals surface area contributed by atoms with Crippen molar-refractivity contribution in [2.24, 2.45) is 0 Å². The Hall–Kier alpha value is -3.02. The van der Waals surface area contributed by atoms with Gasteiger partial charge in [-0.1, -0.05) is 6.07 Å². The van der Waals surface area contributed by atoms with Gasteiger partial charge in [-0.05, 0) is 35.9 Å². The van der Waals surface area contributed by atoms with Crippen molar-refractivity contribution in [3.63, 3.8) is 0 Å². The van der Waals surface area contributed by atoms with E-state index in [4.69, 9.17) is 9.47 Å². The maximum Gasteiger partial charge on any atom is 0.228 e. The highest BCUT2D eigenvalue weighted by atomic mass is 16.5. The summed E-state index contributed by atoms with van der Waals surface area (Å²) in [5.41, 5.74) is 3.33. The number of imidazole rings is 1. The highest BCUT2D eigenvalue weighted by Gasteiger charge is 2.09. The molecule has 0 bridgehead atoms. The summed E-state index contributed by atoms with van der Waals surface area (Å²) in [5.74, 6) is 1.15. The molecule has 6 nitrogen and oxygen atoms in total. The summed E-state index contributed by atoms with van der Waals surface area (Å²) in [4.78, 5) is 19.4. The first-order valence-corrected chi connectivity index (χ1v) is 7.13. The number of aromatic amines is 1. The van der Waals surface area contributed by atoms with Crippen LogP contribution in [0.4, 0.5) is 5.69 Å². The Labute approximate surface area is 133 Å². The molecule has 0 atom stereocenters. The summed E-state index contributed by atoms with van der Waals surface area (Å²) < 4.78 is 10.4. The van der Waals surface area contributed by atoms with Crippen molar-refractivity contribution < 1.29 is 14.3 Å². The van der Waals surface area contributed by atoms with Gasteiger partial charge in [0.2, 0.25) is 5.91 Å². The molecule has 0 fully saturated rings. The molecule has 3 aromatic rings. The van der Waals surface area contributed by atoms with E-state index in [1.807, 2.05) is 24.3 Å². The third-order valence-corrected chi connectivity index (χ3v) is 3.52. The number of carbonyl (C=O) groups excluding carboxylic acids is 1. The lowest BCUT2D eigenvalue weighted by Gasteiger charge is -2.10. The van der Waals surface area contributed by atoms with Gasteiger partial charge < -0.3 is 19.8 Å². The minimum atomic E-state index is -0.101. The average Bonchev–Trinajstić information content (AvgIpc) is 3.02. The molecular weight excluding hydrogens is 294 g/mol. The summed E-state index contributed by atoms with van der Waals surface area (Å²) >= 11 is 0. The summed E-state index contributed by atoms with van der Waals surface area (Å²) in [6.45, 7) is 0. The van der Waals surface area contributed by atoms with Gasteiger partial charge in [0.25, 0.3) is 0 Å². The number of hydrogen-bond acceptors (Lipinski definition) is 4. The molecule has 0 spiro atoms. The Bertz CT molecular complexity index is 842. The fourth-order valence-electron chi connectivity index (χ4n) is 2.39. The van der Waals surface area contributed by atoms with Gasteiger partial charge in [0.05, 0.1) is 38.0 Å². The molecule has 23 heavy (non-hydrogen) atoms. The highest BCUT2D eigenvalue weighted by molar-refractivity contribution is 5.94. The van der Waals surface area contributed by atoms with E-state index in [1.165, 1.54) is 0 Å². The lowest BCUT2D eigenvalue weighted by molar-refractivity contribution is -0.115. The quantitative estimate of drug-likeness (QED) is 0.759. The highest BCUT2D eigenvalue weighted by Crippen LogP contribution is 2.27. The Morgan fingerprint density at radius 2 is 1.96 bits per heavy atom. The average molecular weight is 311 g/mol. The maximum atomic E-state index is 12.2. The van der Waals surface area contributed by atoms with E-state index in [-0.39, 0.29) is 12.3 Å². The largest absolute Gasteiger partial charge is 0.493 e. The topological polar surface area (TPSA) is 76.2 Å². The predicted molar refractivity (Wildman–Crippen MR) is 88.0 cm³/mol. The standard InChI is InChI=1S/C17H17N3O3/c1-22-15-6-3-11(7-16(15)23-2)8-17(21)20-12-4-5-13-14(9-12)19-10-18-13/h3-7,9-10H,8H2,1-2H3,(H,18,19)(H,20,21). The molecule has 0 aliphatic rings. The second-order valence-corrected chi connectivity index (χ2v) is 5.05. The van der Waals surface area contributed by atoms with Crippen LogP contribution in [-0.2, 0) is 11.2 Å². The van der Waals surface area contributed by atoms with Gasteiger partial charge >= 0.3 is 0 Å². The van der Waals surface area contributed by atoms with E-state index >= 15 is 0 Å². The Kier molecular flexibility index (Phi) is 4.14. The molecule has 6 heteroatoms. The minimum Gasteiger partial charge on any atom is -0.493 e. The third-order valence-electron chi connectivity index (χ3n) is 3.52. The summed E-state index contributed by atoms with van der Waals surface area (Å²) in [6, 6.07) is 11.0. The van der Waals surface area contributed by atoms with Crippen molar-refractivity contribution in [1.29, 1.82) is 0 Å². The van der Waals surface area contributed by atoms with Crippen molar-refractivity contribution in [3.8, 4) is 11.5 Å². The number of aromatic nitrogens is 2. The number of fused-ring (bicyclic) bond motifs is 1. The Balaban J connectivity index is 1.71. The van der Waals surface area contributed by atoms with Gasteiger partial charge in [-0.3, -0.25) is 4.79 Å². The van der Waals surface area contributed by atoms with Gasteiger partial charge in [0, 0.05) is 5.69 Å². The van der Waals surface area contributed by atoms with Crippen molar-refractivity contribution in [1.82, 2.24) is 9.97 Å². The molecule has 0 saturated carbocycles. The molecule has 0 saturated heterocycles. The van der Waals surface area contributed by atoms with E-state index in [0.717, 1.165) is 22.3 Å². The normalized spacial score (nSPS) is 10.5. The van der Waals surface area contributed by atoms with Crippen LogP contribution >= 0.6 is 0 Å². The van der Waals surface area contributed by atoms with Crippen LogP contribution in [0, 0.1) is 0 Å². The number of methoxy groups -OCH3 is 2. The number of carbonyl (C=O) groups is 1. The van der Waals surface area contributed by atoms with E-state index in [1.54, 1.807) is 32.7 Å². The molecule has 1 heterocycles. The number of benzene rings is 2. The zero-order chi connectivity index (χ0) is 16.2. The number of nitrogens with one attached hydrogen (secondary N) is 2. The number of ether oxygens (including phenoxy) is 2. The van der Waals surface area contributed by atoms with Gasteiger partial charge in [0.1, 0.15) is 0 Å². The van der Waals surface area contributed by atoms with E-state index in [9.17, 15) is 4.79 Å². The van der Waals surface area contributed by atoms with Crippen LogP contribution in [0.3, 0.4) is 0 Å². The fourth-order valence-corrected chi connectivity index (χ4v) is 2.39. The van der Waals surface area contributed by atoms with Gasteiger partial charge in [-0.15, -0.1) is 0 Å². The number of H-pyrrole nitrogens is 1. The van der Waals surface area contributed by atoms with Gasteiger partial charge in [0.15, 0.2) is 11.5 Å². The van der Waals surface area contributed by atoms with Crippen LogP contribution in [0.2, 0.25) is 0 Å². The number of nitrogens with zero attached hydrogens (tertiary/aromatic N) is 1. The smallest absolute Gasteiger partial charge is 0.228 e. The number of rotatable bonds is 5. The van der Waals surface area contributed by atoms with Crippen molar-refractivity contribution in [3.05, 3.63) is 48.3 Å². The molecule has 0 aliphatic heterocycles. The zero-order valence-electron chi connectivity index (χ0n) is 12.9. The Morgan fingerprint density at radius 3 is 2.74 bits per heavy atom. The van der Waals surface area contributed by atoms with Crippen LogP contribution < -0.4 is 14.8 Å². The first-order valence-electron chi connectivity index (χ1n) is 7.13. The maximum absolute atomic E-state index is 12.2. The summed E-state index contributed by atoms with van der Waals surface area (Å²) in [7, 11) is 3.15.